The molecule has 134 valence electrons. The van der Waals surface area contributed by atoms with E-state index in [0.29, 0.717) is 13.2 Å². The highest BCUT2D eigenvalue weighted by molar-refractivity contribution is 5.83. The van der Waals surface area contributed by atoms with Crippen molar-refractivity contribution in [2.75, 3.05) is 19.7 Å². The zero-order valence-corrected chi connectivity index (χ0v) is 14.6. The van der Waals surface area contributed by atoms with E-state index in [2.05, 4.69) is 5.32 Å². The molecule has 2 amide bonds. The maximum absolute atomic E-state index is 12.9. The molecule has 1 aromatic rings. The Morgan fingerprint density at radius 2 is 1.88 bits per heavy atom. The van der Waals surface area contributed by atoms with Crippen LogP contribution in [0.2, 0.25) is 0 Å². The average Bonchev–Trinajstić information content (AvgIpc) is 3.49. The number of benzene rings is 1. The summed E-state index contributed by atoms with van der Waals surface area (Å²) in [6, 6.07) is 7.96. The van der Waals surface area contributed by atoms with Gasteiger partial charge in [-0.1, -0.05) is 18.2 Å². The van der Waals surface area contributed by atoms with E-state index in [0.717, 1.165) is 56.4 Å². The van der Waals surface area contributed by atoms with Gasteiger partial charge in [-0.25, -0.2) is 0 Å². The van der Waals surface area contributed by atoms with E-state index in [1.807, 2.05) is 29.2 Å². The van der Waals surface area contributed by atoms with Gasteiger partial charge in [0, 0.05) is 24.6 Å². The van der Waals surface area contributed by atoms with Crippen LogP contribution in [0.4, 0.5) is 0 Å². The molecule has 5 heteroatoms. The van der Waals surface area contributed by atoms with Crippen molar-refractivity contribution in [1.29, 1.82) is 0 Å². The molecular weight excluding hydrogens is 316 g/mol. The molecule has 1 saturated carbocycles. The third kappa shape index (κ3) is 3.65. The van der Waals surface area contributed by atoms with Gasteiger partial charge in [0.15, 0.2) is 0 Å². The van der Waals surface area contributed by atoms with E-state index in [9.17, 15) is 9.59 Å². The monoisotopic (exact) mass is 342 g/mol. The van der Waals surface area contributed by atoms with Gasteiger partial charge in [0.2, 0.25) is 11.8 Å². The molecule has 1 saturated heterocycles. The van der Waals surface area contributed by atoms with Crippen LogP contribution in [0.15, 0.2) is 24.3 Å². The standard InChI is InChI=1S/C20H26N2O3/c23-19(15-5-3-11-22(13-15)20(24)14-9-10-14)21-17-7-4-12-25-18-8-2-1-6-16(17)18/h1-2,6,8,14-15,17H,3-5,7,9-13H2,(H,21,23). The highest BCUT2D eigenvalue weighted by Crippen LogP contribution is 2.34. The number of nitrogens with zero attached hydrogens (tertiary/aromatic N) is 1. The van der Waals surface area contributed by atoms with Crippen molar-refractivity contribution in [3.8, 4) is 5.75 Å². The molecule has 0 aromatic heterocycles. The number of hydrogen-bond donors (Lipinski definition) is 1. The number of ether oxygens (including phenoxy) is 1. The molecule has 3 aliphatic rings. The van der Waals surface area contributed by atoms with E-state index < -0.39 is 0 Å². The molecule has 2 atom stereocenters. The third-order valence-corrected chi connectivity index (χ3v) is 5.54. The third-order valence-electron chi connectivity index (χ3n) is 5.54. The molecule has 2 aliphatic heterocycles. The highest BCUT2D eigenvalue weighted by Gasteiger charge is 2.37. The fraction of sp³-hybridized carbons (Fsp3) is 0.600. The average molecular weight is 342 g/mol. The molecule has 0 radical (unpaired) electrons. The minimum Gasteiger partial charge on any atom is -0.493 e. The summed E-state index contributed by atoms with van der Waals surface area (Å²) in [5.41, 5.74) is 1.06. The summed E-state index contributed by atoms with van der Waals surface area (Å²) in [7, 11) is 0. The van der Waals surface area contributed by atoms with Gasteiger partial charge in [0.1, 0.15) is 5.75 Å². The molecule has 2 fully saturated rings. The highest BCUT2D eigenvalue weighted by atomic mass is 16.5. The first-order valence-corrected chi connectivity index (χ1v) is 9.53. The largest absolute Gasteiger partial charge is 0.493 e. The van der Waals surface area contributed by atoms with Crippen molar-refractivity contribution >= 4 is 11.8 Å². The Kier molecular flexibility index (Phi) is 4.64. The lowest BCUT2D eigenvalue weighted by atomic mass is 9.95. The lowest BCUT2D eigenvalue weighted by Crippen LogP contribution is -2.46. The lowest BCUT2D eigenvalue weighted by molar-refractivity contribution is -0.137. The van der Waals surface area contributed by atoms with Crippen LogP contribution in [0.5, 0.6) is 5.75 Å². The minimum absolute atomic E-state index is 0.000658. The predicted octanol–water partition coefficient (Wildman–Crippen LogP) is 2.67. The zero-order valence-electron chi connectivity index (χ0n) is 14.6. The van der Waals surface area contributed by atoms with Gasteiger partial charge in [-0.3, -0.25) is 9.59 Å². The molecule has 0 spiro atoms. The van der Waals surface area contributed by atoms with E-state index in [1.165, 1.54) is 0 Å². The number of amides is 2. The van der Waals surface area contributed by atoms with Crippen molar-refractivity contribution in [3.63, 3.8) is 0 Å². The lowest BCUT2D eigenvalue weighted by Gasteiger charge is -2.33. The number of likely N-dealkylation sites (tertiary alicyclic amines) is 1. The normalized spacial score (nSPS) is 26.2. The van der Waals surface area contributed by atoms with E-state index in [-0.39, 0.29) is 29.7 Å². The van der Waals surface area contributed by atoms with Crippen molar-refractivity contribution < 1.29 is 14.3 Å². The molecule has 4 rings (SSSR count). The fourth-order valence-electron chi connectivity index (χ4n) is 3.94. The van der Waals surface area contributed by atoms with Crippen LogP contribution >= 0.6 is 0 Å². The van der Waals surface area contributed by atoms with Gasteiger partial charge in [-0.05, 0) is 44.6 Å². The first kappa shape index (κ1) is 16.4. The number of fused-ring (bicyclic) bond motifs is 1. The number of nitrogens with one attached hydrogen (secondary N) is 1. The van der Waals surface area contributed by atoms with E-state index >= 15 is 0 Å². The Balaban J connectivity index is 1.42. The Hall–Kier alpha value is -2.04. The summed E-state index contributed by atoms with van der Waals surface area (Å²) < 4.78 is 5.78. The van der Waals surface area contributed by atoms with Crippen LogP contribution in [0.25, 0.3) is 0 Å². The molecule has 1 N–H and O–H groups in total. The number of piperidine rings is 1. The summed E-state index contributed by atoms with van der Waals surface area (Å²) in [6.45, 7) is 2.07. The van der Waals surface area contributed by atoms with Crippen molar-refractivity contribution in [2.24, 2.45) is 11.8 Å². The first-order valence-electron chi connectivity index (χ1n) is 9.53. The molecule has 25 heavy (non-hydrogen) atoms. The maximum atomic E-state index is 12.9. The van der Waals surface area contributed by atoms with Crippen LogP contribution in [-0.4, -0.2) is 36.4 Å². The summed E-state index contributed by atoms with van der Waals surface area (Å²) in [5.74, 6) is 1.35. The maximum Gasteiger partial charge on any atom is 0.225 e. The van der Waals surface area contributed by atoms with Crippen LogP contribution in [0.3, 0.4) is 0 Å². The van der Waals surface area contributed by atoms with Crippen molar-refractivity contribution in [1.82, 2.24) is 10.2 Å². The van der Waals surface area contributed by atoms with Crippen LogP contribution < -0.4 is 10.1 Å². The Labute approximate surface area is 148 Å². The Bertz CT molecular complexity index is 656. The smallest absolute Gasteiger partial charge is 0.225 e. The summed E-state index contributed by atoms with van der Waals surface area (Å²) in [5, 5.41) is 3.23. The Morgan fingerprint density at radius 3 is 2.72 bits per heavy atom. The second-order valence-corrected chi connectivity index (χ2v) is 7.49. The van der Waals surface area contributed by atoms with E-state index in [4.69, 9.17) is 4.74 Å². The van der Waals surface area contributed by atoms with Crippen LogP contribution in [0.1, 0.15) is 50.1 Å². The molecule has 2 heterocycles. The SMILES string of the molecule is O=C(NC1CCCOc2ccccc21)C1CCCN(C(=O)C2CC2)C1. The second-order valence-electron chi connectivity index (χ2n) is 7.49. The van der Waals surface area contributed by atoms with Gasteiger partial charge in [-0.15, -0.1) is 0 Å². The van der Waals surface area contributed by atoms with Crippen molar-refractivity contribution in [3.05, 3.63) is 29.8 Å². The van der Waals surface area contributed by atoms with Gasteiger partial charge in [-0.2, -0.15) is 0 Å². The zero-order chi connectivity index (χ0) is 17.2. The van der Waals surface area contributed by atoms with Gasteiger partial charge < -0.3 is 15.0 Å². The van der Waals surface area contributed by atoms with Gasteiger partial charge in [0.05, 0.1) is 18.6 Å². The van der Waals surface area contributed by atoms with Crippen molar-refractivity contribution in [2.45, 2.75) is 44.6 Å². The number of carbonyl (C=O) groups excluding carboxylic acids is 2. The summed E-state index contributed by atoms with van der Waals surface area (Å²) >= 11 is 0. The topological polar surface area (TPSA) is 58.6 Å². The Morgan fingerprint density at radius 1 is 1.04 bits per heavy atom. The number of hydrogen-bond acceptors (Lipinski definition) is 3. The molecule has 1 aliphatic carbocycles. The molecule has 5 nitrogen and oxygen atoms in total. The van der Waals surface area contributed by atoms with Gasteiger partial charge >= 0.3 is 0 Å². The first-order chi connectivity index (χ1) is 12.2. The fourth-order valence-corrected chi connectivity index (χ4v) is 3.94. The molecule has 1 aromatic carbocycles. The molecule has 2 unspecified atom stereocenters. The summed E-state index contributed by atoms with van der Waals surface area (Å²) in [6.07, 6.45) is 5.64. The number of carbonyl (C=O) groups is 2. The summed E-state index contributed by atoms with van der Waals surface area (Å²) in [4.78, 5) is 27.1. The quantitative estimate of drug-likeness (QED) is 0.919. The predicted molar refractivity (Wildman–Crippen MR) is 94.1 cm³/mol. The van der Waals surface area contributed by atoms with Crippen LogP contribution in [-0.2, 0) is 9.59 Å². The number of para-hydroxylation sites is 1. The van der Waals surface area contributed by atoms with Crippen LogP contribution in [0, 0.1) is 11.8 Å². The van der Waals surface area contributed by atoms with Gasteiger partial charge in [0.25, 0.3) is 0 Å². The minimum atomic E-state index is -0.0900. The molecular formula is C20H26N2O3. The number of rotatable bonds is 3. The van der Waals surface area contributed by atoms with E-state index in [1.54, 1.807) is 0 Å². The molecule has 0 bridgehead atoms. The second kappa shape index (κ2) is 7.06.